The fraction of sp³-hybridized carbons (Fsp3) is 0.533. The Morgan fingerprint density at radius 3 is 2.64 bits per heavy atom. The molecule has 0 aromatic heterocycles. The average molecular weight is 328 g/mol. The number of hydrogen-bond donors (Lipinski definition) is 1. The number of halogens is 1. The van der Waals surface area contributed by atoms with Gasteiger partial charge in [0.25, 0.3) is 5.91 Å². The van der Waals surface area contributed by atoms with Gasteiger partial charge in [0.05, 0.1) is 6.26 Å². The lowest BCUT2D eigenvalue weighted by Crippen LogP contribution is -2.45. The van der Waals surface area contributed by atoms with E-state index in [0.29, 0.717) is 25.1 Å². The zero-order chi connectivity index (χ0) is 16.2. The third-order valence-corrected chi connectivity index (χ3v) is 4.55. The summed E-state index contributed by atoms with van der Waals surface area (Å²) in [6, 6.07) is 5.53. The lowest BCUT2D eigenvalue weighted by molar-refractivity contribution is 0.0604. The first-order valence-corrected chi connectivity index (χ1v) is 9.27. The van der Waals surface area contributed by atoms with Gasteiger partial charge in [0.15, 0.2) is 0 Å². The normalized spacial score (nSPS) is 19.2. The van der Waals surface area contributed by atoms with Gasteiger partial charge in [-0.15, -0.1) is 0 Å². The summed E-state index contributed by atoms with van der Waals surface area (Å²) >= 11 is 0. The second-order valence-electron chi connectivity index (χ2n) is 5.61. The molecule has 1 heterocycles. The molecule has 1 fully saturated rings. The quantitative estimate of drug-likeness (QED) is 0.896. The van der Waals surface area contributed by atoms with Gasteiger partial charge in [0, 0.05) is 24.7 Å². The Morgan fingerprint density at radius 1 is 1.32 bits per heavy atom. The van der Waals surface area contributed by atoms with Gasteiger partial charge in [-0.05, 0) is 49.9 Å². The summed E-state index contributed by atoms with van der Waals surface area (Å²) in [6.07, 6.45) is 4.52. The smallest absolute Gasteiger partial charge is 0.254 e. The molecule has 1 atom stereocenters. The molecule has 1 unspecified atom stereocenters. The van der Waals surface area contributed by atoms with Gasteiger partial charge in [-0.25, -0.2) is 17.5 Å². The fourth-order valence-electron chi connectivity index (χ4n) is 2.74. The van der Waals surface area contributed by atoms with E-state index in [9.17, 15) is 17.6 Å². The van der Waals surface area contributed by atoms with Crippen LogP contribution in [0.1, 0.15) is 36.0 Å². The number of sulfonamides is 1. The number of carbonyl (C=O) groups excluding carboxylic acids is 1. The van der Waals surface area contributed by atoms with Crippen LogP contribution in [0.4, 0.5) is 4.39 Å². The SMILES string of the molecule is CS(=O)(=O)NCCC1CCCCN1C(=O)c1ccc(F)cc1. The molecule has 0 saturated carbocycles. The van der Waals surface area contributed by atoms with Gasteiger partial charge < -0.3 is 4.90 Å². The number of piperidine rings is 1. The van der Waals surface area contributed by atoms with Crippen LogP contribution in [0.2, 0.25) is 0 Å². The minimum absolute atomic E-state index is 0.0144. The first-order valence-electron chi connectivity index (χ1n) is 7.38. The van der Waals surface area contributed by atoms with Crippen molar-refractivity contribution >= 4 is 15.9 Å². The highest BCUT2D eigenvalue weighted by Gasteiger charge is 2.27. The number of nitrogens with zero attached hydrogens (tertiary/aromatic N) is 1. The number of nitrogens with one attached hydrogen (secondary N) is 1. The minimum atomic E-state index is -3.21. The fourth-order valence-corrected chi connectivity index (χ4v) is 3.23. The van der Waals surface area contributed by atoms with Gasteiger partial charge in [0.1, 0.15) is 5.82 Å². The van der Waals surface area contributed by atoms with E-state index in [1.165, 1.54) is 24.3 Å². The van der Waals surface area contributed by atoms with E-state index in [4.69, 9.17) is 0 Å². The van der Waals surface area contributed by atoms with Crippen molar-refractivity contribution in [1.29, 1.82) is 0 Å². The Morgan fingerprint density at radius 2 is 2.00 bits per heavy atom. The first kappa shape index (κ1) is 16.9. The Bertz CT molecular complexity index is 616. The van der Waals surface area contributed by atoms with Crippen molar-refractivity contribution in [3.8, 4) is 0 Å². The van der Waals surface area contributed by atoms with Crippen LogP contribution < -0.4 is 4.72 Å². The summed E-state index contributed by atoms with van der Waals surface area (Å²) in [7, 11) is -3.21. The van der Waals surface area contributed by atoms with Crippen LogP contribution in [0, 0.1) is 5.82 Å². The predicted molar refractivity (Wildman–Crippen MR) is 82.5 cm³/mol. The van der Waals surface area contributed by atoms with E-state index < -0.39 is 10.0 Å². The maximum absolute atomic E-state index is 13.0. The van der Waals surface area contributed by atoms with Crippen LogP contribution in [-0.4, -0.2) is 44.6 Å². The molecule has 7 heteroatoms. The number of benzene rings is 1. The topological polar surface area (TPSA) is 66.5 Å². The van der Waals surface area contributed by atoms with E-state index in [1.807, 2.05) is 0 Å². The van der Waals surface area contributed by atoms with Crippen molar-refractivity contribution in [3.63, 3.8) is 0 Å². The zero-order valence-corrected chi connectivity index (χ0v) is 13.4. The van der Waals surface area contributed by atoms with Gasteiger partial charge in [-0.2, -0.15) is 0 Å². The lowest BCUT2D eigenvalue weighted by Gasteiger charge is -2.36. The van der Waals surface area contributed by atoms with Crippen LogP contribution >= 0.6 is 0 Å². The van der Waals surface area contributed by atoms with Crippen molar-refractivity contribution in [2.75, 3.05) is 19.3 Å². The molecular weight excluding hydrogens is 307 g/mol. The molecule has 1 aromatic carbocycles. The van der Waals surface area contributed by atoms with Crippen molar-refractivity contribution in [1.82, 2.24) is 9.62 Å². The Kier molecular flexibility index (Phi) is 5.52. The molecule has 1 aromatic rings. The first-order chi connectivity index (χ1) is 10.4. The molecule has 5 nitrogen and oxygen atoms in total. The monoisotopic (exact) mass is 328 g/mol. The highest BCUT2D eigenvalue weighted by Crippen LogP contribution is 2.22. The molecule has 1 amide bonds. The van der Waals surface area contributed by atoms with Gasteiger partial charge in [-0.1, -0.05) is 0 Å². The molecule has 1 saturated heterocycles. The maximum Gasteiger partial charge on any atom is 0.254 e. The standard InChI is InChI=1S/C15H21FN2O3S/c1-22(20,21)17-10-9-14-4-2-3-11-18(14)15(19)12-5-7-13(16)8-6-12/h5-8,14,17H,2-4,9-11H2,1H3. The van der Waals surface area contributed by atoms with Gasteiger partial charge in [0.2, 0.25) is 10.0 Å². The van der Waals surface area contributed by atoms with Crippen LogP contribution in [0.15, 0.2) is 24.3 Å². The summed E-state index contributed by atoms with van der Waals surface area (Å²) in [5.74, 6) is -0.492. The molecule has 22 heavy (non-hydrogen) atoms. The van der Waals surface area contributed by atoms with Crippen LogP contribution in [0.5, 0.6) is 0 Å². The zero-order valence-electron chi connectivity index (χ0n) is 12.6. The summed E-state index contributed by atoms with van der Waals surface area (Å²) in [6.45, 7) is 0.969. The Hall–Kier alpha value is -1.47. The second kappa shape index (κ2) is 7.19. The highest BCUT2D eigenvalue weighted by molar-refractivity contribution is 7.88. The molecule has 2 rings (SSSR count). The van der Waals surface area contributed by atoms with E-state index in [0.717, 1.165) is 25.5 Å². The molecule has 0 bridgehead atoms. The number of amides is 1. The summed E-state index contributed by atoms with van der Waals surface area (Å²) < 4.78 is 37.6. The number of likely N-dealkylation sites (tertiary alicyclic amines) is 1. The third-order valence-electron chi connectivity index (χ3n) is 3.82. The van der Waals surface area contributed by atoms with Crippen LogP contribution in [0.3, 0.4) is 0 Å². The van der Waals surface area contributed by atoms with E-state index in [2.05, 4.69) is 4.72 Å². The molecule has 0 aliphatic carbocycles. The predicted octanol–water partition coefficient (Wildman–Crippen LogP) is 1.76. The van der Waals surface area contributed by atoms with Crippen LogP contribution in [-0.2, 0) is 10.0 Å². The van der Waals surface area contributed by atoms with Gasteiger partial charge in [-0.3, -0.25) is 4.79 Å². The third kappa shape index (κ3) is 4.78. The molecule has 1 aliphatic heterocycles. The summed E-state index contributed by atoms with van der Waals surface area (Å²) in [4.78, 5) is 14.3. The van der Waals surface area contributed by atoms with E-state index in [-0.39, 0.29) is 17.8 Å². The van der Waals surface area contributed by atoms with Crippen molar-refractivity contribution in [2.45, 2.75) is 31.7 Å². The highest BCUT2D eigenvalue weighted by atomic mass is 32.2. The second-order valence-corrected chi connectivity index (χ2v) is 7.44. The number of hydrogen-bond acceptors (Lipinski definition) is 3. The number of rotatable bonds is 5. The Balaban J connectivity index is 2.02. The largest absolute Gasteiger partial charge is 0.336 e. The Labute approximate surface area is 130 Å². The molecule has 1 N–H and O–H groups in total. The molecule has 122 valence electrons. The van der Waals surface area contributed by atoms with Crippen molar-refractivity contribution < 1.29 is 17.6 Å². The minimum Gasteiger partial charge on any atom is -0.336 e. The van der Waals surface area contributed by atoms with Crippen LogP contribution in [0.25, 0.3) is 0 Å². The van der Waals surface area contributed by atoms with E-state index >= 15 is 0 Å². The summed E-state index contributed by atoms with van der Waals surface area (Å²) in [5, 5.41) is 0. The van der Waals surface area contributed by atoms with E-state index in [1.54, 1.807) is 4.90 Å². The average Bonchev–Trinajstić information content (AvgIpc) is 2.46. The van der Waals surface area contributed by atoms with Crippen molar-refractivity contribution in [2.24, 2.45) is 0 Å². The molecule has 0 radical (unpaired) electrons. The molecular formula is C15H21FN2O3S. The maximum atomic E-state index is 13.0. The molecule has 0 spiro atoms. The summed E-state index contributed by atoms with van der Waals surface area (Å²) in [5.41, 5.74) is 0.462. The van der Waals surface area contributed by atoms with Crippen molar-refractivity contribution in [3.05, 3.63) is 35.6 Å². The molecule has 1 aliphatic rings. The number of carbonyl (C=O) groups is 1. The van der Waals surface area contributed by atoms with Gasteiger partial charge >= 0.3 is 0 Å². The lowest BCUT2D eigenvalue weighted by atomic mass is 9.98.